The monoisotopic (exact) mass is 468 g/mol. The van der Waals surface area contributed by atoms with Gasteiger partial charge < -0.3 is 4.90 Å². The van der Waals surface area contributed by atoms with E-state index in [0.717, 1.165) is 10.0 Å². The fraction of sp³-hybridized carbons (Fsp3) is 0.300. The van der Waals surface area contributed by atoms with Crippen LogP contribution in [0, 0.1) is 0 Å². The van der Waals surface area contributed by atoms with Crippen LogP contribution in [0.5, 0.6) is 0 Å². The summed E-state index contributed by atoms with van der Waals surface area (Å²) in [5.74, 6) is -0.289. The zero-order valence-corrected chi connectivity index (χ0v) is 18.3. The third-order valence-corrected chi connectivity index (χ3v) is 5.64. The number of amides is 3. The fourth-order valence-electron chi connectivity index (χ4n) is 3.60. The molecule has 1 aliphatic heterocycles. The number of benzene rings is 2. The Morgan fingerprint density at radius 1 is 1.04 bits per heavy atom. The normalized spacial score (nSPS) is 20.1. The number of anilines is 1. The lowest BCUT2D eigenvalue weighted by molar-refractivity contribution is -0.124. The molecular formula is C20H19BrCl2N2O2. The third kappa shape index (κ3) is 3.73. The highest BCUT2D eigenvalue weighted by Crippen LogP contribution is 2.38. The van der Waals surface area contributed by atoms with Crippen molar-refractivity contribution in [3.63, 3.8) is 0 Å². The van der Waals surface area contributed by atoms with Crippen molar-refractivity contribution in [2.45, 2.75) is 38.8 Å². The number of carbonyl (C=O) groups is 2. The summed E-state index contributed by atoms with van der Waals surface area (Å²) in [6, 6.07) is 11.9. The molecule has 1 saturated heterocycles. The molecule has 1 atom stereocenters. The van der Waals surface area contributed by atoms with Crippen LogP contribution in [-0.4, -0.2) is 28.4 Å². The number of imide groups is 1. The average Bonchev–Trinajstić information content (AvgIpc) is 2.75. The second-order valence-corrected chi connectivity index (χ2v) is 8.88. The van der Waals surface area contributed by atoms with E-state index >= 15 is 0 Å². The predicted molar refractivity (Wildman–Crippen MR) is 113 cm³/mol. The molecule has 4 nitrogen and oxygen atoms in total. The summed E-state index contributed by atoms with van der Waals surface area (Å²) < 4.78 is 0.959. The molecule has 1 fully saturated rings. The Kier molecular flexibility index (Phi) is 5.57. The lowest BCUT2D eigenvalue weighted by Gasteiger charge is -2.34. The lowest BCUT2D eigenvalue weighted by atomic mass is 9.90. The molecule has 1 aliphatic rings. The lowest BCUT2D eigenvalue weighted by Crippen LogP contribution is -2.51. The second-order valence-electron chi connectivity index (χ2n) is 7.09. The van der Waals surface area contributed by atoms with Gasteiger partial charge in [-0.3, -0.25) is 4.79 Å². The smallest absolute Gasteiger partial charge is 0.307 e. The summed E-state index contributed by atoms with van der Waals surface area (Å²) in [5, 5.41) is 0.742. The van der Waals surface area contributed by atoms with Gasteiger partial charge in [-0.25, -0.2) is 9.69 Å². The standard InChI is InChI=1S/C20H19BrCl2N2O2/c1-12(2)25-19(27)24(17-9-15(22)8-16(23)10-17)18(26)20(25,3)11-13-4-6-14(21)7-5-13/h4-10,12H,11H2,1-3H3/t20-/m0/s1. The summed E-state index contributed by atoms with van der Waals surface area (Å²) in [7, 11) is 0. The van der Waals surface area contributed by atoms with Crippen LogP contribution in [0.1, 0.15) is 26.3 Å². The van der Waals surface area contributed by atoms with Gasteiger partial charge in [-0.15, -0.1) is 0 Å². The Balaban J connectivity index is 2.05. The number of hydrogen-bond donors (Lipinski definition) is 0. The predicted octanol–water partition coefficient (Wildman–Crippen LogP) is 5.93. The molecule has 3 rings (SSSR count). The molecule has 0 spiro atoms. The molecule has 2 aromatic carbocycles. The van der Waals surface area contributed by atoms with E-state index in [-0.39, 0.29) is 18.0 Å². The SMILES string of the molecule is CC(C)N1C(=O)N(c2cc(Cl)cc(Cl)c2)C(=O)[C@]1(C)Cc1ccc(Br)cc1. The van der Waals surface area contributed by atoms with Gasteiger partial charge in [0.25, 0.3) is 5.91 Å². The van der Waals surface area contributed by atoms with Gasteiger partial charge in [-0.1, -0.05) is 51.3 Å². The van der Waals surface area contributed by atoms with E-state index in [1.807, 2.05) is 38.1 Å². The van der Waals surface area contributed by atoms with E-state index in [9.17, 15) is 9.59 Å². The van der Waals surface area contributed by atoms with E-state index in [1.54, 1.807) is 30.0 Å². The van der Waals surface area contributed by atoms with Crippen LogP contribution >= 0.6 is 39.1 Å². The Bertz CT molecular complexity index is 881. The molecule has 0 aromatic heterocycles. The molecule has 7 heteroatoms. The molecule has 0 radical (unpaired) electrons. The quantitative estimate of drug-likeness (QED) is 0.520. The first-order valence-corrected chi connectivity index (χ1v) is 10.1. The van der Waals surface area contributed by atoms with Crippen molar-refractivity contribution in [1.29, 1.82) is 0 Å². The van der Waals surface area contributed by atoms with Gasteiger partial charge in [-0.05, 0) is 56.7 Å². The number of carbonyl (C=O) groups excluding carboxylic acids is 2. The highest BCUT2D eigenvalue weighted by molar-refractivity contribution is 9.10. The van der Waals surface area contributed by atoms with Crippen molar-refractivity contribution < 1.29 is 9.59 Å². The first-order valence-electron chi connectivity index (χ1n) is 8.52. The minimum atomic E-state index is -1.01. The molecule has 0 aliphatic carbocycles. The van der Waals surface area contributed by atoms with Crippen LogP contribution in [0.25, 0.3) is 0 Å². The maximum atomic E-state index is 13.4. The van der Waals surface area contributed by atoms with Crippen LogP contribution in [0.2, 0.25) is 10.0 Å². The molecule has 1 heterocycles. The van der Waals surface area contributed by atoms with Gasteiger partial charge in [0.2, 0.25) is 0 Å². The average molecular weight is 470 g/mol. The van der Waals surface area contributed by atoms with Gasteiger partial charge in [0.1, 0.15) is 5.54 Å². The second kappa shape index (κ2) is 7.46. The third-order valence-electron chi connectivity index (χ3n) is 4.68. The molecule has 2 aromatic rings. The molecule has 27 heavy (non-hydrogen) atoms. The molecule has 0 saturated carbocycles. The van der Waals surface area contributed by atoms with E-state index in [4.69, 9.17) is 23.2 Å². The summed E-state index contributed by atoms with van der Waals surface area (Å²) in [6.07, 6.45) is 0.411. The van der Waals surface area contributed by atoms with Gasteiger partial charge in [0.15, 0.2) is 0 Å². The van der Waals surface area contributed by atoms with E-state index in [0.29, 0.717) is 22.2 Å². The molecule has 3 amide bonds. The van der Waals surface area contributed by atoms with Crippen molar-refractivity contribution >= 4 is 56.8 Å². The molecule has 0 unspecified atom stereocenters. The number of hydrogen-bond acceptors (Lipinski definition) is 2. The number of urea groups is 1. The number of halogens is 3. The fourth-order valence-corrected chi connectivity index (χ4v) is 4.38. The van der Waals surface area contributed by atoms with E-state index in [2.05, 4.69) is 15.9 Å². The van der Waals surface area contributed by atoms with Gasteiger partial charge in [-0.2, -0.15) is 0 Å². The highest BCUT2D eigenvalue weighted by Gasteiger charge is 2.55. The largest absolute Gasteiger partial charge is 0.332 e. The Labute approximate surface area is 177 Å². The number of rotatable bonds is 4. The highest BCUT2D eigenvalue weighted by atomic mass is 79.9. The minimum absolute atomic E-state index is 0.151. The summed E-state index contributed by atoms with van der Waals surface area (Å²) in [5.41, 5.74) is 0.347. The zero-order valence-electron chi connectivity index (χ0n) is 15.2. The topological polar surface area (TPSA) is 40.6 Å². The van der Waals surface area contributed by atoms with Gasteiger partial charge in [0, 0.05) is 27.0 Å². The summed E-state index contributed by atoms with van der Waals surface area (Å²) in [6.45, 7) is 5.61. The molecule has 0 bridgehead atoms. The summed E-state index contributed by atoms with van der Waals surface area (Å²) in [4.78, 5) is 29.4. The Morgan fingerprint density at radius 3 is 2.11 bits per heavy atom. The first kappa shape index (κ1) is 20.2. The number of nitrogens with zero attached hydrogens (tertiary/aromatic N) is 2. The van der Waals surface area contributed by atoms with Crippen molar-refractivity contribution in [2.75, 3.05) is 4.90 Å². The Morgan fingerprint density at radius 2 is 1.59 bits per heavy atom. The molecular weight excluding hydrogens is 451 g/mol. The van der Waals surface area contributed by atoms with Crippen LogP contribution in [0.15, 0.2) is 46.9 Å². The van der Waals surface area contributed by atoms with Gasteiger partial charge in [0.05, 0.1) is 5.69 Å². The maximum absolute atomic E-state index is 13.4. The zero-order chi connectivity index (χ0) is 19.9. The van der Waals surface area contributed by atoms with Crippen molar-refractivity contribution in [1.82, 2.24) is 4.90 Å². The van der Waals surface area contributed by atoms with Crippen molar-refractivity contribution in [2.24, 2.45) is 0 Å². The van der Waals surface area contributed by atoms with Crippen molar-refractivity contribution in [3.8, 4) is 0 Å². The Hall–Kier alpha value is -1.56. The summed E-state index contributed by atoms with van der Waals surface area (Å²) >= 11 is 15.6. The minimum Gasteiger partial charge on any atom is -0.307 e. The maximum Gasteiger partial charge on any atom is 0.332 e. The van der Waals surface area contributed by atoms with Gasteiger partial charge >= 0.3 is 6.03 Å². The van der Waals surface area contributed by atoms with Crippen LogP contribution in [-0.2, 0) is 11.2 Å². The molecule has 142 valence electrons. The van der Waals surface area contributed by atoms with Crippen LogP contribution in [0.4, 0.5) is 10.5 Å². The first-order chi connectivity index (χ1) is 12.6. The van der Waals surface area contributed by atoms with Crippen molar-refractivity contribution in [3.05, 3.63) is 62.5 Å². The van der Waals surface area contributed by atoms with E-state index < -0.39 is 5.54 Å². The van der Waals surface area contributed by atoms with Crippen LogP contribution < -0.4 is 4.90 Å². The molecule has 0 N–H and O–H groups in total. The van der Waals surface area contributed by atoms with Crippen LogP contribution in [0.3, 0.4) is 0 Å². The van der Waals surface area contributed by atoms with E-state index in [1.165, 1.54) is 4.90 Å².